The summed E-state index contributed by atoms with van der Waals surface area (Å²) in [7, 11) is 0. The van der Waals surface area contributed by atoms with Gasteiger partial charge in [-0.3, -0.25) is 0 Å². The van der Waals surface area contributed by atoms with E-state index < -0.39 is 0 Å². The molecule has 0 bridgehead atoms. The Bertz CT molecular complexity index is 552. The monoisotopic (exact) mass is 325 g/mol. The third kappa shape index (κ3) is 2.90. The van der Waals surface area contributed by atoms with E-state index in [2.05, 4.69) is 0 Å². The second-order valence-electron chi connectivity index (χ2n) is 3.43. The van der Waals surface area contributed by atoms with Crippen LogP contribution in [0.2, 0.25) is 18.7 Å². The predicted octanol–water partition coefficient (Wildman–Crippen LogP) is 5.41. The van der Waals surface area contributed by atoms with Crippen molar-refractivity contribution in [2.45, 2.75) is 6.04 Å². The molecule has 0 saturated carbocycles. The topological polar surface area (TPSA) is 26.0 Å². The lowest BCUT2D eigenvalue weighted by Gasteiger charge is -2.12. The van der Waals surface area contributed by atoms with Gasteiger partial charge in [0.25, 0.3) is 0 Å². The number of benzene rings is 1. The van der Waals surface area contributed by atoms with Gasteiger partial charge in [-0.05, 0) is 23.8 Å². The van der Waals surface area contributed by atoms with Crippen LogP contribution in [0.3, 0.4) is 0 Å². The van der Waals surface area contributed by atoms with Crippen molar-refractivity contribution >= 4 is 57.7 Å². The zero-order valence-electron chi connectivity index (χ0n) is 8.38. The summed E-state index contributed by atoms with van der Waals surface area (Å²) in [6.45, 7) is 0. The fourth-order valence-corrected chi connectivity index (χ4v) is 3.31. The van der Waals surface area contributed by atoms with Crippen LogP contribution >= 0.6 is 57.7 Å². The molecule has 90 valence electrons. The van der Waals surface area contributed by atoms with E-state index in [1.165, 1.54) is 11.3 Å². The molecule has 17 heavy (non-hydrogen) atoms. The van der Waals surface area contributed by atoms with Gasteiger partial charge in [-0.15, -0.1) is 11.3 Å². The molecule has 0 fully saturated rings. The first kappa shape index (κ1) is 13.5. The lowest BCUT2D eigenvalue weighted by atomic mass is 10.0. The smallest absolute Gasteiger partial charge is 0.0995 e. The van der Waals surface area contributed by atoms with E-state index in [1.807, 2.05) is 6.07 Å². The molecule has 6 heteroatoms. The zero-order chi connectivity index (χ0) is 12.6. The summed E-state index contributed by atoms with van der Waals surface area (Å²) in [5.41, 5.74) is 7.75. The molecule has 1 aromatic heterocycles. The quantitative estimate of drug-likeness (QED) is 0.784. The highest BCUT2D eigenvalue weighted by Crippen LogP contribution is 2.37. The maximum absolute atomic E-state index is 6.11. The lowest BCUT2D eigenvalue weighted by Crippen LogP contribution is -2.11. The van der Waals surface area contributed by atoms with Crippen LogP contribution in [-0.2, 0) is 0 Å². The number of rotatable bonds is 2. The van der Waals surface area contributed by atoms with E-state index in [-0.39, 0.29) is 6.04 Å². The first-order valence-electron chi connectivity index (χ1n) is 4.64. The molecule has 1 heterocycles. The molecule has 0 aliphatic carbocycles. The van der Waals surface area contributed by atoms with Gasteiger partial charge in [0.1, 0.15) is 0 Å². The SMILES string of the molecule is NC(c1ccc(Cl)c(Cl)c1)c1cc(Cl)sc1Cl. The first-order valence-corrected chi connectivity index (χ1v) is 6.97. The number of nitrogens with two attached hydrogens (primary N) is 1. The number of hydrogen-bond donors (Lipinski definition) is 1. The molecule has 1 nitrogen and oxygen atoms in total. The Labute approximate surface area is 123 Å². The van der Waals surface area contributed by atoms with Crippen LogP contribution in [-0.4, -0.2) is 0 Å². The van der Waals surface area contributed by atoms with E-state index in [0.29, 0.717) is 18.7 Å². The van der Waals surface area contributed by atoms with E-state index in [9.17, 15) is 0 Å². The average molecular weight is 327 g/mol. The van der Waals surface area contributed by atoms with Crippen LogP contribution in [0.5, 0.6) is 0 Å². The molecule has 0 radical (unpaired) electrons. The Hall–Kier alpha value is 0.0400. The second-order valence-corrected chi connectivity index (χ2v) is 6.53. The predicted molar refractivity (Wildman–Crippen MR) is 76.8 cm³/mol. The van der Waals surface area contributed by atoms with Gasteiger partial charge >= 0.3 is 0 Å². The number of thiophene rings is 1. The summed E-state index contributed by atoms with van der Waals surface area (Å²) in [5.74, 6) is 0. The number of halogens is 4. The van der Waals surface area contributed by atoms with Crippen molar-refractivity contribution in [2.24, 2.45) is 5.73 Å². The van der Waals surface area contributed by atoms with Crippen LogP contribution in [0.4, 0.5) is 0 Å². The second kappa shape index (κ2) is 5.35. The summed E-state index contributed by atoms with van der Waals surface area (Å²) in [4.78, 5) is 0. The minimum atomic E-state index is -0.360. The molecule has 2 N–H and O–H groups in total. The molecule has 1 aromatic carbocycles. The molecule has 0 spiro atoms. The Morgan fingerprint density at radius 3 is 2.24 bits per heavy atom. The minimum absolute atomic E-state index is 0.360. The van der Waals surface area contributed by atoms with E-state index in [0.717, 1.165) is 11.1 Å². The van der Waals surface area contributed by atoms with Gasteiger partial charge in [-0.25, -0.2) is 0 Å². The summed E-state index contributed by atoms with van der Waals surface area (Å²) in [6, 6.07) is 6.67. The van der Waals surface area contributed by atoms with Crippen molar-refractivity contribution in [1.82, 2.24) is 0 Å². The van der Waals surface area contributed by atoms with Gasteiger partial charge in [-0.1, -0.05) is 52.5 Å². The summed E-state index contributed by atoms with van der Waals surface area (Å²) < 4.78 is 1.20. The Kier molecular flexibility index (Phi) is 4.24. The van der Waals surface area contributed by atoms with Crippen LogP contribution in [0.15, 0.2) is 24.3 Å². The molecule has 2 rings (SSSR count). The van der Waals surface area contributed by atoms with Crippen molar-refractivity contribution in [1.29, 1.82) is 0 Å². The molecule has 0 amide bonds. The molecule has 2 aromatic rings. The van der Waals surface area contributed by atoms with E-state index in [1.54, 1.807) is 18.2 Å². The van der Waals surface area contributed by atoms with Gasteiger partial charge < -0.3 is 5.73 Å². The third-order valence-electron chi connectivity index (χ3n) is 2.32. The molecule has 1 atom stereocenters. The summed E-state index contributed by atoms with van der Waals surface area (Å²) in [6.07, 6.45) is 0. The molecular weight excluding hydrogens is 320 g/mol. The van der Waals surface area contributed by atoms with Gasteiger partial charge in [0.2, 0.25) is 0 Å². The highest BCUT2D eigenvalue weighted by Gasteiger charge is 2.16. The third-order valence-corrected chi connectivity index (χ3v) is 4.58. The highest BCUT2D eigenvalue weighted by molar-refractivity contribution is 7.20. The zero-order valence-corrected chi connectivity index (χ0v) is 12.2. The van der Waals surface area contributed by atoms with E-state index in [4.69, 9.17) is 52.1 Å². The van der Waals surface area contributed by atoms with Crippen LogP contribution in [0, 0.1) is 0 Å². The standard InChI is InChI=1S/C11H7Cl4NS/c12-7-2-1-5(3-8(7)13)10(16)6-4-9(14)17-11(6)15/h1-4,10H,16H2. The fourth-order valence-electron chi connectivity index (χ4n) is 1.45. The molecule has 0 aliphatic heterocycles. The average Bonchev–Trinajstić information content (AvgIpc) is 2.61. The van der Waals surface area contributed by atoms with Gasteiger partial charge in [0.15, 0.2) is 0 Å². The van der Waals surface area contributed by atoms with Crippen LogP contribution in [0.25, 0.3) is 0 Å². The molecular formula is C11H7Cl4NS. The largest absolute Gasteiger partial charge is 0.320 e. The van der Waals surface area contributed by atoms with Crippen LogP contribution < -0.4 is 5.73 Å². The van der Waals surface area contributed by atoms with Crippen molar-refractivity contribution in [3.63, 3.8) is 0 Å². The van der Waals surface area contributed by atoms with Crippen molar-refractivity contribution < 1.29 is 0 Å². The van der Waals surface area contributed by atoms with Gasteiger partial charge in [0, 0.05) is 5.56 Å². The highest BCUT2D eigenvalue weighted by atomic mass is 35.5. The minimum Gasteiger partial charge on any atom is -0.320 e. The maximum atomic E-state index is 6.11. The summed E-state index contributed by atoms with van der Waals surface area (Å²) >= 11 is 25.0. The van der Waals surface area contributed by atoms with Gasteiger partial charge in [-0.2, -0.15) is 0 Å². The van der Waals surface area contributed by atoms with Crippen molar-refractivity contribution in [2.75, 3.05) is 0 Å². The lowest BCUT2D eigenvalue weighted by molar-refractivity contribution is 0.877. The fraction of sp³-hybridized carbons (Fsp3) is 0.0909. The maximum Gasteiger partial charge on any atom is 0.0995 e. The Morgan fingerprint density at radius 1 is 1.00 bits per heavy atom. The molecule has 1 unspecified atom stereocenters. The Balaban J connectivity index is 2.40. The van der Waals surface area contributed by atoms with Gasteiger partial charge in [0.05, 0.1) is 24.8 Å². The van der Waals surface area contributed by atoms with Crippen molar-refractivity contribution in [3.8, 4) is 0 Å². The Morgan fingerprint density at radius 2 is 1.71 bits per heavy atom. The van der Waals surface area contributed by atoms with Crippen molar-refractivity contribution in [3.05, 3.63) is 54.1 Å². The normalized spacial score (nSPS) is 12.8. The molecule has 0 aliphatic rings. The molecule has 0 saturated heterocycles. The summed E-state index contributed by atoms with van der Waals surface area (Å²) in [5, 5.41) is 0.967. The number of hydrogen-bond acceptors (Lipinski definition) is 2. The van der Waals surface area contributed by atoms with E-state index >= 15 is 0 Å². The first-order chi connectivity index (χ1) is 7.99. The van der Waals surface area contributed by atoms with Crippen LogP contribution in [0.1, 0.15) is 17.2 Å².